The van der Waals surface area contributed by atoms with E-state index >= 15 is 0 Å². The van der Waals surface area contributed by atoms with Crippen LogP contribution in [0.1, 0.15) is 30.5 Å². The van der Waals surface area contributed by atoms with E-state index in [2.05, 4.69) is 5.32 Å². The largest absolute Gasteiger partial charge is 0.352 e. The Morgan fingerprint density at radius 2 is 1.50 bits per heavy atom. The average Bonchev–Trinajstić information content (AvgIpc) is 2.79. The van der Waals surface area contributed by atoms with Gasteiger partial charge in [0, 0.05) is 34.1 Å². The zero-order valence-corrected chi connectivity index (χ0v) is 21.4. The Labute approximate surface area is 215 Å². The second-order valence-electron chi connectivity index (χ2n) is 8.43. The summed E-state index contributed by atoms with van der Waals surface area (Å²) in [4.78, 5) is 28.6. The van der Waals surface area contributed by atoms with Gasteiger partial charge in [-0.05, 0) is 54.8 Å². The van der Waals surface area contributed by atoms with Crippen LogP contribution in [0.15, 0.2) is 72.8 Å². The van der Waals surface area contributed by atoms with E-state index in [4.69, 9.17) is 34.8 Å². The lowest BCUT2D eigenvalue weighted by Crippen LogP contribution is -2.52. The highest BCUT2D eigenvalue weighted by molar-refractivity contribution is 6.35. The van der Waals surface area contributed by atoms with Crippen LogP contribution in [0.3, 0.4) is 0 Å². The van der Waals surface area contributed by atoms with Crippen LogP contribution in [0.2, 0.25) is 15.1 Å². The number of rotatable bonds is 9. The second-order valence-corrected chi connectivity index (χ2v) is 9.71. The summed E-state index contributed by atoms with van der Waals surface area (Å²) in [6.07, 6.45) is 0.500. The molecule has 2 amide bonds. The number of hydrogen-bond donors (Lipinski definition) is 1. The molecule has 1 atom stereocenters. The van der Waals surface area contributed by atoms with Crippen LogP contribution in [-0.2, 0) is 29.0 Å². The van der Waals surface area contributed by atoms with Crippen molar-refractivity contribution in [2.45, 2.75) is 45.3 Å². The summed E-state index contributed by atoms with van der Waals surface area (Å²) < 4.78 is 0. The van der Waals surface area contributed by atoms with E-state index in [0.717, 1.165) is 11.1 Å². The molecule has 4 nitrogen and oxygen atoms in total. The molecule has 0 saturated heterocycles. The van der Waals surface area contributed by atoms with Crippen LogP contribution in [0.4, 0.5) is 0 Å². The van der Waals surface area contributed by atoms with E-state index in [9.17, 15) is 9.59 Å². The summed E-state index contributed by atoms with van der Waals surface area (Å²) in [6.45, 7) is 3.96. The molecule has 0 heterocycles. The number of carbonyl (C=O) groups is 2. The Morgan fingerprint density at radius 1 is 0.853 bits per heavy atom. The molecule has 0 spiro atoms. The van der Waals surface area contributed by atoms with Gasteiger partial charge in [-0.25, -0.2) is 0 Å². The third-order valence-corrected chi connectivity index (χ3v) is 6.17. The minimum atomic E-state index is -0.726. The van der Waals surface area contributed by atoms with Gasteiger partial charge in [-0.2, -0.15) is 0 Å². The fraction of sp³-hybridized carbons (Fsp3) is 0.259. The van der Waals surface area contributed by atoms with Crippen molar-refractivity contribution in [3.63, 3.8) is 0 Å². The summed E-state index contributed by atoms with van der Waals surface area (Å²) >= 11 is 18.5. The van der Waals surface area contributed by atoms with Crippen LogP contribution in [0, 0.1) is 0 Å². The molecular weight excluding hydrogens is 491 g/mol. The summed E-state index contributed by atoms with van der Waals surface area (Å²) in [5, 5.41) is 4.52. The molecule has 3 aromatic carbocycles. The number of halogens is 3. The number of nitrogens with one attached hydrogen (secondary N) is 1. The molecule has 0 aliphatic carbocycles. The first-order valence-corrected chi connectivity index (χ1v) is 12.2. The molecule has 178 valence electrons. The van der Waals surface area contributed by atoms with Crippen LogP contribution in [-0.4, -0.2) is 28.8 Å². The average molecular weight is 518 g/mol. The fourth-order valence-corrected chi connectivity index (χ4v) is 4.24. The van der Waals surface area contributed by atoms with Crippen molar-refractivity contribution >= 4 is 46.6 Å². The van der Waals surface area contributed by atoms with Gasteiger partial charge in [-0.1, -0.05) is 83.3 Å². The quantitative estimate of drug-likeness (QED) is 0.359. The predicted octanol–water partition coefficient (Wildman–Crippen LogP) is 6.35. The highest BCUT2D eigenvalue weighted by atomic mass is 35.5. The van der Waals surface area contributed by atoms with E-state index in [1.165, 1.54) is 0 Å². The highest BCUT2D eigenvalue weighted by Gasteiger charge is 2.31. The third-order valence-electron chi connectivity index (χ3n) is 5.33. The number of benzene rings is 3. The molecule has 3 aromatic rings. The molecular formula is C27H27Cl3N2O2. The Hall–Kier alpha value is -2.53. The van der Waals surface area contributed by atoms with Crippen molar-refractivity contribution in [1.29, 1.82) is 0 Å². The van der Waals surface area contributed by atoms with Crippen molar-refractivity contribution in [2.24, 2.45) is 0 Å². The normalized spacial score (nSPS) is 11.8. The van der Waals surface area contributed by atoms with Gasteiger partial charge in [-0.15, -0.1) is 0 Å². The first-order valence-electron chi connectivity index (χ1n) is 11.0. The molecule has 0 bridgehead atoms. The standard InChI is InChI=1S/C27H27Cl3N2O2/c1-18(2)31-27(34)25(14-19-6-4-3-5-7-19)32(17-21-10-13-23(29)16-24(21)30)26(33)15-20-8-11-22(28)12-9-20/h3-13,16,18,25H,14-15,17H2,1-2H3,(H,31,34). The van der Waals surface area contributed by atoms with Gasteiger partial charge in [0.2, 0.25) is 11.8 Å². The van der Waals surface area contributed by atoms with Crippen LogP contribution >= 0.6 is 34.8 Å². The molecule has 34 heavy (non-hydrogen) atoms. The Kier molecular flexibility index (Phi) is 9.40. The molecule has 3 rings (SSSR count). The van der Waals surface area contributed by atoms with Gasteiger partial charge in [0.05, 0.1) is 6.42 Å². The van der Waals surface area contributed by atoms with Crippen molar-refractivity contribution in [1.82, 2.24) is 10.2 Å². The lowest BCUT2D eigenvalue weighted by molar-refractivity contribution is -0.141. The van der Waals surface area contributed by atoms with Crippen LogP contribution in [0.5, 0.6) is 0 Å². The zero-order chi connectivity index (χ0) is 24.7. The third kappa shape index (κ3) is 7.49. The van der Waals surface area contributed by atoms with E-state index in [1.54, 1.807) is 35.2 Å². The van der Waals surface area contributed by atoms with E-state index < -0.39 is 6.04 Å². The first kappa shape index (κ1) is 26.1. The molecule has 0 fully saturated rings. The molecule has 0 aliphatic heterocycles. The molecule has 0 radical (unpaired) electrons. The van der Waals surface area contributed by atoms with Crippen LogP contribution < -0.4 is 5.32 Å². The van der Waals surface area contributed by atoms with Crippen LogP contribution in [0.25, 0.3) is 0 Å². The Balaban J connectivity index is 1.99. The van der Waals surface area contributed by atoms with E-state index in [-0.39, 0.29) is 30.8 Å². The minimum absolute atomic E-state index is 0.0712. The predicted molar refractivity (Wildman–Crippen MR) is 139 cm³/mol. The van der Waals surface area contributed by atoms with E-state index in [0.29, 0.717) is 27.1 Å². The lowest BCUT2D eigenvalue weighted by Gasteiger charge is -2.32. The smallest absolute Gasteiger partial charge is 0.243 e. The maximum atomic E-state index is 13.6. The monoisotopic (exact) mass is 516 g/mol. The Morgan fingerprint density at radius 3 is 2.12 bits per heavy atom. The summed E-state index contributed by atoms with van der Waals surface area (Å²) in [7, 11) is 0. The maximum absolute atomic E-state index is 13.6. The van der Waals surface area contributed by atoms with Crippen molar-refractivity contribution < 1.29 is 9.59 Å². The minimum Gasteiger partial charge on any atom is -0.352 e. The van der Waals surface area contributed by atoms with Gasteiger partial charge in [0.15, 0.2) is 0 Å². The van der Waals surface area contributed by atoms with Gasteiger partial charge >= 0.3 is 0 Å². The fourth-order valence-electron chi connectivity index (χ4n) is 3.65. The molecule has 0 aliphatic rings. The molecule has 7 heteroatoms. The molecule has 1 N–H and O–H groups in total. The summed E-state index contributed by atoms with van der Waals surface area (Å²) in [6, 6.07) is 21.1. The zero-order valence-electron chi connectivity index (χ0n) is 19.1. The number of nitrogens with zero attached hydrogens (tertiary/aromatic N) is 1. The summed E-state index contributed by atoms with van der Waals surface area (Å²) in [5.74, 6) is -0.401. The SMILES string of the molecule is CC(C)NC(=O)C(Cc1ccccc1)N(Cc1ccc(Cl)cc1Cl)C(=O)Cc1ccc(Cl)cc1. The number of amides is 2. The second kappa shape index (κ2) is 12.3. The van der Waals surface area contributed by atoms with Crippen molar-refractivity contribution in [3.8, 4) is 0 Å². The molecule has 0 aromatic heterocycles. The first-order chi connectivity index (χ1) is 16.2. The summed E-state index contributed by atoms with van der Waals surface area (Å²) in [5.41, 5.74) is 2.48. The maximum Gasteiger partial charge on any atom is 0.243 e. The Bertz CT molecular complexity index is 1120. The molecule has 0 saturated carbocycles. The van der Waals surface area contributed by atoms with Gasteiger partial charge in [0.25, 0.3) is 0 Å². The highest BCUT2D eigenvalue weighted by Crippen LogP contribution is 2.25. The van der Waals surface area contributed by atoms with Crippen molar-refractivity contribution in [3.05, 3.63) is 105 Å². The van der Waals surface area contributed by atoms with E-state index in [1.807, 2.05) is 56.3 Å². The van der Waals surface area contributed by atoms with Gasteiger partial charge in [-0.3, -0.25) is 9.59 Å². The molecule has 1 unspecified atom stereocenters. The topological polar surface area (TPSA) is 49.4 Å². The lowest BCUT2D eigenvalue weighted by atomic mass is 10.0. The number of hydrogen-bond acceptors (Lipinski definition) is 2. The van der Waals surface area contributed by atoms with Crippen molar-refractivity contribution in [2.75, 3.05) is 0 Å². The van der Waals surface area contributed by atoms with Gasteiger partial charge < -0.3 is 10.2 Å². The van der Waals surface area contributed by atoms with Gasteiger partial charge in [0.1, 0.15) is 6.04 Å². The number of carbonyl (C=O) groups excluding carboxylic acids is 2.